The molecule has 1 aromatic rings. The van der Waals surface area contributed by atoms with Crippen molar-refractivity contribution >= 4 is 11.9 Å². The predicted octanol–water partition coefficient (Wildman–Crippen LogP) is 2.55. The first kappa shape index (κ1) is 15.5. The van der Waals surface area contributed by atoms with Crippen LogP contribution in [0.25, 0.3) is 0 Å². The molecule has 0 spiro atoms. The molecule has 0 aliphatic heterocycles. The van der Waals surface area contributed by atoms with Crippen molar-refractivity contribution in [3.05, 3.63) is 35.4 Å². The number of aliphatic carboxylic acids is 1. The minimum atomic E-state index is -1.11. The summed E-state index contributed by atoms with van der Waals surface area (Å²) in [5, 5.41) is 12.0. The Bertz CT molecular complexity index is 519. The van der Waals surface area contributed by atoms with Gasteiger partial charge in [-0.1, -0.05) is 31.2 Å². The molecule has 4 nitrogen and oxygen atoms in total. The third-order valence-corrected chi connectivity index (χ3v) is 4.31. The van der Waals surface area contributed by atoms with E-state index in [4.69, 9.17) is 0 Å². The van der Waals surface area contributed by atoms with Crippen molar-refractivity contribution in [3.8, 4) is 0 Å². The fraction of sp³-hybridized carbons (Fsp3) is 0.529. The minimum absolute atomic E-state index is 0.0720. The zero-order valence-electron chi connectivity index (χ0n) is 12.7. The summed E-state index contributed by atoms with van der Waals surface area (Å²) in [4.78, 5) is 23.4. The first-order valence-electron chi connectivity index (χ1n) is 7.58. The highest BCUT2D eigenvalue weighted by atomic mass is 16.4. The number of hydrogen-bond donors (Lipinski definition) is 2. The Morgan fingerprint density at radius 1 is 1.24 bits per heavy atom. The Labute approximate surface area is 125 Å². The standard InChI is InChI=1S/C17H23NO3/c1-3-12-4-6-13(7-5-12)8-11-15(19)18-17(2,16(20)21)14-9-10-14/h4-7,14H,3,8-11H2,1-2H3,(H,18,19)(H,20,21). The van der Waals surface area contributed by atoms with Crippen LogP contribution in [0.1, 0.15) is 44.2 Å². The topological polar surface area (TPSA) is 66.4 Å². The molecule has 1 aliphatic rings. The van der Waals surface area contributed by atoms with E-state index in [0.29, 0.717) is 12.8 Å². The summed E-state index contributed by atoms with van der Waals surface area (Å²) >= 11 is 0. The van der Waals surface area contributed by atoms with Crippen LogP contribution in [0.4, 0.5) is 0 Å². The van der Waals surface area contributed by atoms with E-state index in [2.05, 4.69) is 24.4 Å². The van der Waals surface area contributed by atoms with Crippen LogP contribution in [0.15, 0.2) is 24.3 Å². The van der Waals surface area contributed by atoms with Gasteiger partial charge in [0.1, 0.15) is 5.54 Å². The number of hydrogen-bond acceptors (Lipinski definition) is 2. The first-order chi connectivity index (χ1) is 9.95. The molecule has 21 heavy (non-hydrogen) atoms. The summed E-state index contributed by atoms with van der Waals surface area (Å²) < 4.78 is 0. The molecule has 1 atom stereocenters. The summed E-state index contributed by atoms with van der Waals surface area (Å²) in [6.07, 6.45) is 3.71. The Kier molecular flexibility index (Phi) is 4.66. The maximum atomic E-state index is 12.0. The van der Waals surface area contributed by atoms with Crippen molar-refractivity contribution in [2.45, 2.75) is 51.5 Å². The van der Waals surface area contributed by atoms with Crippen molar-refractivity contribution in [1.29, 1.82) is 0 Å². The van der Waals surface area contributed by atoms with E-state index in [-0.39, 0.29) is 11.8 Å². The van der Waals surface area contributed by atoms with Crippen LogP contribution >= 0.6 is 0 Å². The number of aryl methyl sites for hydroxylation is 2. The molecule has 0 radical (unpaired) electrons. The molecule has 1 amide bonds. The van der Waals surface area contributed by atoms with Gasteiger partial charge in [0.2, 0.25) is 5.91 Å². The summed E-state index contributed by atoms with van der Waals surface area (Å²) in [5.41, 5.74) is 1.27. The van der Waals surface area contributed by atoms with E-state index in [1.807, 2.05) is 12.1 Å². The van der Waals surface area contributed by atoms with Gasteiger partial charge in [-0.05, 0) is 49.7 Å². The van der Waals surface area contributed by atoms with Crippen LogP contribution in [0.3, 0.4) is 0 Å². The van der Waals surface area contributed by atoms with Gasteiger partial charge in [0.15, 0.2) is 0 Å². The van der Waals surface area contributed by atoms with Crippen molar-refractivity contribution < 1.29 is 14.7 Å². The zero-order valence-corrected chi connectivity index (χ0v) is 12.7. The molecular weight excluding hydrogens is 266 g/mol. The summed E-state index contributed by atoms with van der Waals surface area (Å²) in [6, 6.07) is 8.20. The van der Waals surface area contributed by atoms with Gasteiger partial charge in [-0.25, -0.2) is 4.79 Å². The predicted molar refractivity (Wildman–Crippen MR) is 81.0 cm³/mol. The Balaban J connectivity index is 1.87. The van der Waals surface area contributed by atoms with E-state index in [9.17, 15) is 14.7 Å². The van der Waals surface area contributed by atoms with Crippen LogP contribution in [-0.2, 0) is 22.4 Å². The lowest BCUT2D eigenvalue weighted by atomic mass is 9.95. The maximum absolute atomic E-state index is 12.0. The van der Waals surface area contributed by atoms with Gasteiger partial charge < -0.3 is 10.4 Å². The molecule has 1 fully saturated rings. The van der Waals surface area contributed by atoms with E-state index >= 15 is 0 Å². The number of amides is 1. The molecular formula is C17H23NO3. The third kappa shape index (κ3) is 3.84. The van der Waals surface area contributed by atoms with Crippen molar-refractivity contribution in [3.63, 3.8) is 0 Å². The fourth-order valence-corrected chi connectivity index (χ4v) is 2.54. The summed E-state index contributed by atoms with van der Waals surface area (Å²) in [5.74, 6) is -1.06. The Morgan fingerprint density at radius 3 is 2.29 bits per heavy atom. The van der Waals surface area contributed by atoms with Crippen LogP contribution in [0.2, 0.25) is 0 Å². The van der Waals surface area contributed by atoms with Crippen LogP contribution < -0.4 is 5.32 Å². The van der Waals surface area contributed by atoms with Gasteiger partial charge in [-0.3, -0.25) is 4.79 Å². The van der Waals surface area contributed by atoms with Gasteiger partial charge in [0, 0.05) is 6.42 Å². The number of rotatable bonds is 7. The monoisotopic (exact) mass is 289 g/mol. The highest BCUT2D eigenvalue weighted by Crippen LogP contribution is 2.39. The van der Waals surface area contributed by atoms with Gasteiger partial charge in [0.25, 0.3) is 0 Å². The highest BCUT2D eigenvalue weighted by Gasteiger charge is 2.48. The molecule has 1 saturated carbocycles. The maximum Gasteiger partial charge on any atom is 0.329 e. The third-order valence-electron chi connectivity index (χ3n) is 4.31. The molecule has 0 saturated heterocycles. The van der Waals surface area contributed by atoms with Crippen LogP contribution in [0, 0.1) is 5.92 Å². The average molecular weight is 289 g/mol. The molecule has 0 aromatic heterocycles. The number of carbonyl (C=O) groups is 2. The second-order valence-electron chi connectivity index (χ2n) is 6.00. The van der Waals surface area contributed by atoms with Crippen LogP contribution in [0.5, 0.6) is 0 Å². The fourth-order valence-electron chi connectivity index (χ4n) is 2.54. The van der Waals surface area contributed by atoms with E-state index in [1.165, 1.54) is 5.56 Å². The van der Waals surface area contributed by atoms with E-state index in [0.717, 1.165) is 24.8 Å². The van der Waals surface area contributed by atoms with Crippen LogP contribution in [-0.4, -0.2) is 22.5 Å². The largest absolute Gasteiger partial charge is 0.480 e. The van der Waals surface area contributed by atoms with Crippen molar-refractivity contribution in [2.75, 3.05) is 0 Å². The molecule has 1 unspecified atom stereocenters. The minimum Gasteiger partial charge on any atom is -0.480 e. The second kappa shape index (κ2) is 6.29. The number of carbonyl (C=O) groups excluding carboxylic acids is 1. The molecule has 2 N–H and O–H groups in total. The SMILES string of the molecule is CCc1ccc(CCC(=O)NC(C)(C(=O)O)C2CC2)cc1. The molecule has 1 aromatic carbocycles. The molecule has 1 aliphatic carbocycles. The molecule has 4 heteroatoms. The average Bonchev–Trinajstić information content (AvgIpc) is 3.30. The molecule has 0 bridgehead atoms. The quantitative estimate of drug-likeness (QED) is 0.810. The highest BCUT2D eigenvalue weighted by molar-refractivity contribution is 5.87. The second-order valence-corrected chi connectivity index (χ2v) is 6.00. The number of carboxylic acids is 1. The molecule has 114 valence electrons. The Hall–Kier alpha value is -1.84. The first-order valence-corrected chi connectivity index (χ1v) is 7.58. The summed E-state index contributed by atoms with van der Waals surface area (Å²) in [7, 11) is 0. The van der Waals surface area contributed by atoms with E-state index in [1.54, 1.807) is 6.92 Å². The molecule has 2 rings (SSSR count). The number of carboxylic acid groups (broad SMARTS) is 1. The summed E-state index contributed by atoms with van der Waals surface area (Å²) in [6.45, 7) is 3.72. The number of nitrogens with one attached hydrogen (secondary N) is 1. The van der Waals surface area contributed by atoms with Crippen molar-refractivity contribution in [2.24, 2.45) is 5.92 Å². The van der Waals surface area contributed by atoms with E-state index < -0.39 is 11.5 Å². The molecule has 0 heterocycles. The smallest absolute Gasteiger partial charge is 0.329 e. The van der Waals surface area contributed by atoms with Gasteiger partial charge in [0.05, 0.1) is 0 Å². The number of benzene rings is 1. The van der Waals surface area contributed by atoms with Crippen molar-refractivity contribution in [1.82, 2.24) is 5.32 Å². The van der Waals surface area contributed by atoms with Gasteiger partial charge >= 0.3 is 5.97 Å². The lowest BCUT2D eigenvalue weighted by molar-refractivity contribution is -0.147. The zero-order chi connectivity index (χ0) is 15.5. The van der Waals surface area contributed by atoms with Gasteiger partial charge in [-0.2, -0.15) is 0 Å². The normalized spacial score (nSPS) is 17.0. The lowest BCUT2D eigenvalue weighted by Gasteiger charge is -2.26. The lowest BCUT2D eigenvalue weighted by Crippen LogP contribution is -2.54. The van der Waals surface area contributed by atoms with Gasteiger partial charge in [-0.15, -0.1) is 0 Å². The Morgan fingerprint density at radius 2 is 1.81 bits per heavy atom.